The molecule has 0 bridgehead atoms. The normalized spacial score (nSPS) is 18.6. The van der Waals surface area contributed by atoms with Gasteiger partial charge in [0.2, 0.25) is 5.91 Å². The van der Waals surface area contributed by atoms with Crippen LogP contribution < -0.4 is 10.6 Å². The van der Waals surface area contributed by atoms with Gasteiger partial charge in [0.25, 0.3) is 0 Å². The fourth-order valence-electron chi connectivity index (χ4n) is 1.37. The molecule has 0 saturated carbocycles. The van der Waals surface area contributed by atoms with Gasteiger partial charge in [-0.15, -0.1) is 0 Å². The van der Waals surface area contributed by atoms with E-state index < -0.39 is 0 Å². The molecule has 0 spiro atoms. The Morgan fingerprint density at radius 1 is 1.79 bits per heavy atom. The van der Waals surface area contributed by atoms with Crippen molar-refractivity contribution >= 4 is 5.91 Å². The second-order valence-corrected chi connectivity index (χ2v) is 3.84. The summed E-state index contributed by atoms with van der Waals surface area (Å²) in [5.74, 6) is 0.0688. The van der Waals surface area contributed by atoms with Gasteiger partial charge < -0.3 is 15.2 Å². The molecule has 0 radical (unpaired) electrons. The molecule has 1 saturated heterocycles. The smallest absolute Gasteiger partial charge is 0.228 e. The molecule has 1 amide bonds. The maximum absolute atomic E-state index is 11.6. The Morgan fingerprint density at radius 2 is 2.57 bits per heavy atom. The number of carbonyl (C=O) groups is 1. The molecule has 1 aromatic rings. The maximum Gasteiger partial charge on any atom is 0.228 e. The molecule has 14 heavy (non-hydrogen) atoms. The van der Waals surface area contributed by atoms with E-state index in [0.29, 0.717) is 6.54 Å². The summed E-state index contributed by atoms with van der Waals surface area (Å²) in [6.07, 6.45) is 1.49. The number of carbonyl (C=O) groups excluding carboxylic acids is 1. The average Bonchev–Trinajstić information content (AvgIpc) is 2.62. The summed E-state index contributed by atoms with van der Waals surface area (Å²) in [5, 5.41) is 9.62. The largest absolute Gasteiger partial charge is 0.364 e. The Balaban J connectivity index is 1.84. The zero-order valence-corrected chi connectivity index (χ0v) is 8.04. The van der Waals surface area contributed by atoms with Gasteiger partial charge in [-0.1, -0.05) is 5.16 Å². The molecule has 1 aromatic heterocycles. The van der Waals surface area contributed by atoms with Crippen molar-refractivity contribution in [2.45, 2.75) is 13.5 Å². The van der Waals surface area contributed by atoms with Crippen molar-refractivity contribution in [1.82, 2.24) is 15.8 Å². The molecule has 1 aliphatic rings. The molecular weight excluding hydrogens is 182 g/mol. The van der Waals surface area contributed by atoms with Crippen molar-refractivity contribution < 1.29 is 9.32 Å². The summed E-state index contributed by atoms with van der Waals surface area (Å²) >= 11 is 0. The monoisotopic (exact) mass is 195 g/mol. The van der Waals surface area contributed by atoms with Gasteiger partial charge in [0.05, 0.1) is 12.0 Å². The first-order valence-corrected chi connectivity index (χ1v) is 4.59. The first kappa shape index (κ1) is 9.21. The molecule has 5 heteroatoms. The van der Waals surface area contributed by atoms with Crippen LogP contribution in [0.25, 0.3) is 0 Å². The Morgan fingerprint density at radius 3 is 3.07 bits per heavy atom. The highest BCUT2D eigenvalue weighted by Gasteiger charge is 2.38. The lowest BCUT2D eigenvalue weighted by Gasteiger charge is -2.37. The van der Waals surface area contributed by atoms with E-state index in [1.807, 2.05) is 6.92 Å². The molecule has 2 heterocycles. The lowest BCUT2D eigenvalue weighted by Crippen LogP contribution is -2.59. The molecule has 0 aromatic carbocycles. The van der Waals surface area contributed by atoms with Crippen LogP contribution in [0.15, 0.2) is 16.9 Å². The van der Waals surface area contributed by atoms with Crippen LogP contribution >= 0.6 is 0 Å². The first-order valence-electron chi connectivity index (χ1n) is 4.59. The number of aromatic nitrogens is 1. The van der Waals surface area contributed by atoms with E-state index in [1.165, 1.54) is 6.26 Å². The van der Waals surface area contributed by atoms with Crippen LogP contribution in [-0.4, -0.2) is 24.2 Å². The fourth-order valence-corrected chi connectivity index (χ4v) is 1.37. The number of nitrogens with one attached hydrogen (secondary N) is 2. The minimum absolute atomic E-state index is 0.0688. The molecule has 0 unspecified atom stereocenters. The highest BCUT2D eigenvalue weighted by Crippen LogP contribution is 2.21. The van der Waals surface area contributed by atoms with Crippen LogP contribution in [0.1, 0.15) is 12.6 Å². The van der Waals surface area contributed by atoms with Gasteiger partial charge in [-0.05, 0) is 6.92 Å². The van der Waals surface area contributed by atoms with E-state index >= 15 is 0 Å². The third-order valence-corrected chi connectivity index (χ3v) is 2.50. The van der Waals surface area contributed by atoms with E-state index in [2.05, 4.69) is 20.3 Å². The SMILES string of the molecule is CC1(C(=O)NCc2ccon2)CNC1. The minimum atomic E-state index is -0.246. The van der Waals surface area contributed by atoms with E-state index in [4.69, 9.17) is 0 Å². The number of hydrogen-bond acceptors (Lipinski definition) is 4. The Bertz CT molecular complexity index is 317. The summed E-state index contributed by atoms with van der Waals surface area (Å²) < 4.78 is 4.66. The van der Waals surface area contributed by atoms with Gasteiger partial charge in [-0.2, -0.15) is 0 Å². The van der Waals surface area contributed by atoms with Crippen molar-refractivity contribution in [3.05, 3.63) is 18.0 Å². The summed E-state index contributed by atoms with van der Waals surface area (Å²) in [4.78, 5) is 11.6. The van der Waals surface area contributed by atoms with Crippen molar-refractivity contribution in [2.75, 3.05) is 13.1 Å². The molecule has 76 valence electrons. The maximum atomic E-state index is 11.6. The van der Waals surface area contributed by atoms with Gasteiger partial charge in [0.15, 0.2) is 0 Å². The molecule has 2 N–H and O–H groups in total. The quantitative estimate of drug-likeness (QED) is 0.706. The van der Waals surface area contributed by atoms with Gasteiger partial charge in [0, 0.05) is 19.2 Å². The second-order valence-electron chi connectivity index (χ2n) is 3.84. The highest BCUT2D eigenvalue weighted by atomic mass is 16.5. The molecule has 5 nitrogen and oxygen atoms in total. The fraction of sp³-hybridized carbons (Fsp3) is 0.556. The second kappa shape index (κ2) is 3.42. The molecular formula is C9H13N3O2. The number of amides is 1. The predicted molar refractivity (Wildman–Crippen MR) is 49.3 cm³/mol. The van der Waals surface area contributed by atoms with E-state index in [1.54, 1.807) is 6.07 Å². The van der Waals surface area contributed by atoms with Gasteiger partial charge in [-0.3, -0.25) is 4.79 Å². The zero-order chi connectivity index (χ0) is 10.0. The summed E-state index contributed by atoms with van der Waals surface area (Å²) in [6, 6.07) is 1.74. The van der Waals surface area contributed by atoms with Crippen molar-refractivity contribution in [3.8, 4) is 0 Å². The van der Waals surface area contributed by atoms with Crippen molar-refractivity contribution in [3.63, 3.8) is 0 Å². The lowest BCUT2D eigenvalue weighted by molar-refractivity contribution is -0.132. The summed E-state index contributed by atoms with van der Waals surface area (Å²) in [7, 11) is 0. The Kier molecular flexibility index (Phi) is 2.25. The van der Waals surface area contributed by atoms with Crippen molar-refractivity contribution in [1.29, 1.82) is 0 Å². The van der Waals surface area contributed by atoms with E-state index in [-0.39, 0.29) is 11.3 Å². The first-order chi connectivity index (χ1) is 6.71. The minimum Gasteiger partial charge on any atom is -0.364 e. The predicted octanol–water partition coefficient (Wildman–Crippen LogP) is -0.0997. The van der Waals surface area contributed by atoms with Crippen LogP contribution in [0.4, 0.5) is 0 Å². The topological polar surface area (TPSA) is 67.2 Å². The summed E-state index contributed by atoms with van der Waals surface area (Å²) in [6.45, 7) is 3.88. The molecule has 0 atom stereocenters. The standard InChI is InChI=1S/C9H13N3O2/c1-9(5-10-6-9)8(13)11-4-7-2-3-14-12-7/h2-3,10H,4-6H2,1H3,(H,11,13). The van der Waals surface area contributed by atoms with Crippen LogP contribution in [0.3, 0.4) is 0 Å². The van der Waals surface area contributed by atoms with E-state index in [0.717, 1.165) is 18.8 Å². The number of rotatable bonds is 3. The van der Waals surface area contributed by atoms with Gasteiger partial charge >= 0.3 is 0 Å². The lowest BCUT2D eigenvalue weighted by atomic mass is 9.83. The van der Waals surface area contributed by atoms with Crippen LogP contribution in [-0.2, 0) is 11.3 Å². The Labute approximate surface area is 81.8 Å². The Hall–Kier alpha value is -1.36. The van der Waals surface area contributed by atoms with Gasteiger partial charge in [0.1, 0.15) is 12.0 Å². The van der Waals surface area contributed by atoms with Crippen molar-refractivity contribution in [2.24, 2.45) is 5.41 Å². The molecule has 1 fully saturated rings. The highest BCUT2D eigenvalue weighted by molar-refractivity contribution is 5.83. The van der Waals surface area contributed by atoms with Crippen LogP contribution in [0.5, 0.6) is 0 Å². The number of hydrogen-bond donors (Lipinski definition) is 2. The molecule has 1 aliphatic heterocycles. The number of nitrogens with zero attached hydrogens (tertiary/aromatic N) is 1. The molecule has 2 rings (SSSR count). The van der Waals surface area contributed by atoms with E-state index in [9.17, 15) is 4.79 Å². The van der Waals surface area contributed by atoms with Crippen LogP contribution in [0.2, 0.25) is 0 Å². The zero-order valence-electron chi connectivity index (χ0n) is 8.04. The third kappa shape index (κ3) is 1.63. The van der Waals surface area contributed by atoms with Gasteiger partial charge in [-0.25, -0.2) is 0 Å². The third-order valence-electron chi connectivity index (χ3n) is 2.50. The molecule has 0 aliphatic carbocycles. The van der Waals surface area contributed by atoms with Crippen LogP contribution in [0, 0.1) is 5.41 Å². The average molecular weight is 195 g/mol. The summed E-state index contributed by atoms with van der Waals surface area (Å²) in [5.41, 5.74) is 0.498.